The quantitative estimate of drug-likeness (QED) is 0.620. The van der Waals surface area contributed by atoms with Crippen molar-refractivity contribution in [2.45, 2.75) is 19.4 Å². The van der Waals surface area contributed by atoms with E-state index in [2.05, 4.69) is 4.74 Å². The molecule has 0 aliphatic rings. The molecule has 0 saturated heterocycles. The molecule has 86 valence electrons. The van der Waals surface area contributed by atoms with Crippen LogP contribution < -0.4 is 0 Å². The molecule has 4 heteroatoms. The third kappa shape index (κ3) is 2.67. The van der Waals surface area contributed by atoms with Crippen molar-refractivity contribution < 1.29 is 19.4 Å². The summed E-state index contributed by atoms with van der Waals surface area (Å²) < 4.78 is 4.53. The minimum atomic E-state index is -1.41. The van der Waals surface area contributed by atoms with Gasteiger partial charge in [-0.1, -0.05) is 12.1 Å². The van der Waals surface area contributed by atoms with Crippen molar-refractivity contribution in [3.05, 3.63) is 35.4 Å². The highest BCUT2D eigenvalue weighted by molar-refractivity contribution is 6.02. The number of ketones is 1. The minimum Gasteiger partial charge on any atom is -0.465 e. The number of hydrogen-bond acceptors (Lipinski definition) is 4. The first-order valence-corrected chi connectivity index (χ1v) is 4.82. The van der Waals surface area contributed by atoms with Gasteiger partial charge >= 0.3 is 5.97 Å². The van der Waals surface area contributed by atoms with Crippen LogP contribution in [0.4, 0.5) is 0 Å². The van der Waals surface area contributed by atoms with Crippen molar-refractivity contribution in [1.29, 1.82) is 0 Å². The molecule has 0 bridgehead atoms. The molecule has 0 heterocycles. The van der Waals surface area contributed by atoms with Gasteiger partial charge in [-0.15, -0.1) is 0 Å². The third-order valence-electron chi connectivity index (χ3n) is 2.12. The van der Waals surface area contributed by atoms with E-state index in [4.69, 9.17) is 0 Å². The molecule has 0 aliphatic heterocycles. The number of aliphatic hydroxyl groups is 1. The van der Waals surface area contributed by atoms with Gasteiger partial charge in [0, 0.05) is 5.56 Å². The molecular formula is C12H14O4. The number of rotatable bonds is 3. The van der Waals surface area contributed by atoms with Crippen molar-refractivity contribution in [3.63, 3.8) is 0 Å². The summed E-state index contributed by atoms with van der Waals surface area (Å²) in [5.74, 6) is -0.842. The monoisotopic (exact) mass is 222 g/mol. The zero-order chi connectivity index (χ0) is 12.3. The smallest absolute Gasteiger partial charge is 0.337 e. The first-order valence-electron chi connectivity index (χ1n) is 4.82. The number of methoxy groups -OCH3 is 1. The average molecular weight is 222 g/mol. The largest absolute Gasteiger partial charge is 0.465 e. The van der Waals surface area contributed by atoms with Crippen molar-refractivity contribution >= 4 is 11.8 Å². The van der Waals surface area contributed by atoms with E-state index >= 15 is 0 Å². The number of carbonyl (C=O) groups is 2. The third-order valence-corrected chi connectivity index (χ3v) is 2.12. The maximum absolute atomic E-state index is 11.7. The molecule has 1 aromatic carbocycles. The lowest BCUT2D eigenvalue weighted by Crippen LogP contribution is -2.31. The van der Waals surface area contributed by atoms with Crippen LogP contribution in [0.5, 0.6) is 0 Å². The standard InChI is InChI=1S/C12H14O4/c1-12(2,15)10(13)8-4-6-9(7-5-8)11(14)16-3/h4-7,15H,1-3H3. The van der Waals surface area contributed by atoms with E-state index in [0.29, 0.717) is 11.1 Å². The Morgan fingerprint density at radius 2 is 1.56 bits per heavy atom. The van der Waals surface area contributed by atoms with Gasteiger partial charge in [0.25, 0.3) is 0 Å². The van der Waals surface area contributed by atoms with Crippen LogP contribution in [0.3, 0.4) is 0 Å². The second-order valence-corrected chi connectivity index (χ2v) is 3.96. The molecule has 0 aromatic heterocycles. The zero-order valence-corrected chi connectivity index (χ0v) is 9.48. The van der Waals surface area contributed by atoms with Crippen LogP contribution in [0.15, 0.2) is 24.3 Å². The second kappa shape index (κ2) is 4.45. The number of esters is 1. The van der Waals surface area contributed by atoms with E-state index in [1.807, 2.05) is 0 Å². The summed E-state index contributed by atoms with van der Waals surface area (Å²) in [7, 11) is 1.29. The maximum Gasteiger partial charge on any atom is 0.337 e. The van der Waals surface area contributed by atoms with Crippen LogP contribution in [0, 0.1) is 0 Å². The van der Waals surface area contributed by atoms with Crippen LogP contribution >= 0.6 is 0 Å². The van der Waals surface area contributed by atoms with E-state index in [9.17, 15) is 14.7 Å². The molecule has 0 aliphatic carbocycles. The SMILES string of the molecule is COC(=O)c1ccc(C(=O)C(C)(C)O)cc1. The van der Waals surface area contributed by atoms with E-state index in [1.54, 1.807) is 0 Å². The van der Waals surface area contributed by atoms with Crippen LogP contribution in [0.25, 0.3) is 0 Å². The molecule has 4 nitrogen and oxygen atoms in total. The van der Waals surface area contributed by atoms with Gasteiger partial charge in [0.05, 0.1) is 12.7 Å². The van der Waals surface area contributed by atoms with Crippen LogP contribution in [-0.4, -0.2) is 29.6 Å². The van der Waals surface area contributed by atoms with Crippen molar-refractivity contribution in [2.75, 3.05) is 7.11 Å². The lowest BCUT2D eigenvalue weighted by molar-refractivity contribution is 0.0487. The Hall–Kier alpha value is -1.68. The highest BCUT2D eigenvalue weighted by Gasteiger charge is 2.25. The number of Topliss-reactive ketones (excluding diaryl/α,β-unsaturated/α-hetero) is 1. The molecule has 0 spiro atoms. The summed E-state index contributed by atoms with van der Waals surface area (Å²) in [6.45, 7) is 2.84. The minimum absolute atomic E-state index is 0.361. The molecule has 0 unspecified atom stereocenters. The van der Waals surface area contributed by atoms with Gasteiger partial charge in [-0.2, -0.15) is 0 Å². The van der Waals surface area contributed by atoms with E-state index in [-0.39, 0.29) is 5.78 Å². The van der Waals surface area contributed by atoms with Gasteiger partial charge in [0.1, 0.15) is 5.60 Å². The molecular weight excluding hydrogens is 208 g/mol. The van der Waals surface area contributed by atoms with Crippen LogP contribution in [0.1, 0.15) is 34.6 Å². The molecule has 16 heavy (non-hydrogen) atoms. The molecule has 0 atom stereocenters. The normalized spacial score (nSPS) is 11.0. The Morgan fingerprint density at radius 3 is 1.94 bits per heavy atom. The van der Waals surface area contributed by atoms with E-state index in [1.165, 1.54) is 45.2 Å². The number of carbonyl (C=O) groups excluding carboxylic acids is 2. The van der Waals surface area contributed by atoms with Gasteiger partial charge in [-0.25, -0.2) is 4.79 Å². The lowest BCUT2D eigenvalue weighted by atomic mass is 9.96. The Balaban J connectivity index is 2.96. The fourth-order valence-electron chi connectivity index (χ4n) is 1.23. The number of ether oxygens (including phenoxy) is 1. The Bertz CT molecular complexity index is 398. The predicted octanol–water partition coefficient (Wildman–Crippen LogP) is 1.43. The van der Waals surface area contributed by atoms with Gasteiger partial charge in [-0.05, 0) is 26.0 Å². The highest BCUT2D eigenvalue weighted by atomic mass is 16.5. The molecule has 0 saturated carbocycles. The highest BCUT2D eigenvalue weighted by Crippen LogP contribution is 2.13. The predicted molar refractivity (Wildman–Crippen MR) is 58.4 cm³/mol. The van der Waals surface area contributed by atoms with Crippen LogP contribution in [-0.2, 0) is 4.74 Å². The summed E-state index contributed by atoms with van der Waals surface area (Å²) in [5, 5.41) is 9.52. The number of benzene rings is 1. The maximum atomic E-state index is 11.7. The summed E-state index contributed by atoms with van der Waals surface area (Å²) in [6, 6.07) is 5.97. The van der Waals surface area contributed by atoms with Crippen molar-refractivity contribution in [2.24, 2.45) is 0 Å². The van der Waals surface area contributed by atoms with Gasteiger partial charge < -0.3 is 9.84 Å². The zero-order valence-electron chi connectivity index (χ0n) is 9.48. The molecule has 0 amide bonds. The molecule has 0 fully saturated rings. The number of hydrogen-bond donors (Lipinski definition) is 1. The Kier molecular flexibility index (Phi) is 3.44. The van der Waals surface area contributed by atoms with Crippen molar-refractivity contribution in [1.82, 2.24) is 0 Å². The fraction of sp³-hybridized carbons (Fsp3) is 0.333. The first-order chi connectivity index (χ1) is 7.36. The van der Waals surface area contributed by atoms with Gasteiger partial charge in [0.2, 0.25) is 0 Å². The Labute approximate surface area is 93.9 Å². The van der Waals surface area contributed by atoms with Gasteiger partial charge in [-0.3, -0.25) is 4.79 Å². The van der Waals surface area contributed by atoms with Gasteiger partial charge in [0.15, 0.2) is 5.78 Å². The van der Waals surface area contributed by atoms with E-state index in [0.717, 1.165) is 0 Å². The molecule has 0 radical (unpaired) electrons. The molecule has 1 rings (SSSR count). The van der Waals surface area contributed by atoms with Crippen molar-refractivity contribution in [3.8, 4) is 0 Å². The van der Waals surface area contributed by atoms with E-state index < -0.39 is 11.6 Å². The summed E-state index contributed by atoms with van der Waals surface area (Å²) in [6.07, 6.45) is 0. The summed E-state index contributed by atoms with van der Waals surface area (Å²) in [4.78, 5) is 22.8. The second-order valence-electron chi connectivity index (χ2n) is 3.96. The topological polar surface area (TPSA) is 63.6 Å². The average Bonchev–Trinajstić information content (AvgIpc) is 2.26. The molecule has 1 aromatic rings. The lowest BCUT2D eigenvalue weighted by Gasteiger charge is -2.15. The Morgan fingerprint density at radius 1 is 1.12 bits per heavy atom. The first kappa shape index (κ1) is 12.4. The molecule has 1 N–H and O–H groups in total. The fourth-order valence-corrected chi connectivity index (χ4v) is 1.23. The van der Waals surface area contributed by atoms with Crippen LogP contribution in [0.2, 0.25) is 0 Å². The summed E-state index contributed by atoms with van der Waals surface area (Å²) >= 11 is 0. The summed E-state index contributed by atoms with van der Waals surface area (Å²) in [5.41, 5.74) is -0.679.